The van der Waals surface area contributed by atoms with Crippen LogP contribution in [-0.2, 0) is 14.8 Å². The minimum Gasteiger partial charge on any atom is -0.378 e. The van der Waals surface area contributed by atoms with E-state index < -0.39 is 10.0 Å². The van der Waals surface area contributed by atoms with Crippen LogP contribution in [0.1, 0.15) is 11.7 Å². The van der Waals surface area contributed by atoms with E-state index in [9.17, 15) is 8.42 Å². The van der Waals surface area contributed by atoms with Gasteiger partial charge in [-0.2, -0.15) is 9.40 Å². The summed E-state index contributed by atoms with van der Waals surface area (Å²) in [5.74, 6) is 0. The first-order chi connectivity index (χ1) is 7.09. The van der Waals surface area contributed by atoms with Crippen LogP contribution in [0.25, 0.3) is 0 Å². The lowest BCUT2D eigenvalue weighted by atomic mass is 10.2. The molecule has 1 aromatic rings. The van der Waals surface area contributed by atoms with Crippen molar-refractivity contribution in [1.29, 1.82) is 0 Å². The van der Waals surface area contributed by atoms with Crippen LogP contribution in [0.5, 0.6) is 0 Å². The molecule has 1 aliphatic heterocycles. The zero-order valence-electron chi connectivity index (χ0n) is 8.38. The molecule has 6 nitrogen and oxygen atoms in total. The Morgan fingerprint density at radius 3 is 3.07 bits per heavy atom. The molecule has 0 radical (unpaired) electrons. The molecule has 15 heavy (non-hydrogen) atoms. The third-order valence-corrected chi connectivity index (χ3v) is 3.68. The molecule has 1 aliphatic rings. The van der Waals surface area contributed by atoms with Gasteiger partial charge in [-0.15, -0.1) is 0 Å². The molecule has 0 saturated carbocycles. The highest BCUT2D eigenvalue weighted by Gasteiger charge is 2.31. The summed E-state index contributed by atoms with van der Waals surface area (Å²) in [6, 6.07) is 1.48. The third kappa shape index (κ3) is 2.19. The Kier molecular flexibility index (Phi) is 2.76. The second-order valence-corrected chi connectivity index (χ2v) is 5.41. The molecule has 0 amide bonds. The third-order valence-electron chi connectivity index (χ3n) is 2.39. The standard InChI is InChI=1S/C8H13N3O3S/c1-15(12,13)11-4-5-14-6-8(11)7-2-3-9-10-7/h2-3,8H,4-6H2,1H3,(H,9,10)/t8-/m1/s1. The van der Waals surface area contributed by atoms with E-state index in [1.165, 1.54) is 10.6 Å². The minimum atomic E-state index is -3.20. The predicted molar refractivity (Wildman–Crippen MR) is 53.7 cm³/mol. The van der Waals surface area contributed by atoms with E-state index >= 15 is 0 Å². The Hall–Kier alpha value is -0.920. The van der Waals surface area contributed by atoms with Gasteiger partial charge in [0, 0.05) is 12.7 Å². The monoisotopic (exact) mass is 231 g/mol. The fourth-order valence-corrected chi connectivity index (χ4v) is 2.73. The van der Waals surface area contributed by atoms with Gasteiger partial charge in [0.1, 0.15) is 0 Å². The Morgan fingerprint density at radius 1 is 1.67 bits per heavy atom. The van der Waals surface area contributed by atoms with Gasteiger partial charge in [-0.1, -0.05) is 0 Å². The van der Waals surface area contributed by atoms with Crippen LogP contribution < -0.4 is 0 Å². The average molecular weight is 231 g/mol. The van der Waals surface area contributed by atoms with Gasteiger partial charge in [0.05, 0.1) is 31.2 Å². The van der Waals surface area contributed by atoms with Gasteiger partial charge in [-0.05, 0) is 6.07 Å². The molecule has 1 fully saturated rings. The quantitative estimate of drug-likeness (QED) is 0.761. The molecule has 1 aromatic heterocycles. The number of nitrogens with one attached hydrogen (secondary N) is 1. The number of hydrogen-bond acceptors (Lipinski definition) is 4. The fourth-order valence-electron chi connectivity index (χ4n) is 1.68. The number of hydrogen-bond donors (Lipinski definition) is 1. The van der Waals surface area contributed by atoms with Gasteiger partial charge in [0.15, 0.2) is 0 Å². The molecule has 0 aliphatic carbocycles. The molecule has 0 bridgehead atoms. The molecule has 0 unspecified atom stereocenters. The largest absolute Gasteiger partial charge is 0.378 e. The average Bonchev–Trinajstić information content (AvgIpc) is 2.69. The van der Waals surface area contributed by atoms with E-state index in [4.69, 9.17) is 4.74 Å². The van der Waals surface area contributed by atoms with Crippen LogP contribution in [0.2, 0.25) is 0 Å². The van der Waals surface area contributed by atoms with Crippen molar-refractivity contribution in [3.05, 3.63) is 18.0 Å². The maximum Gasteiger partial charge on any atom is 0.211 e. The predicted octanol–water partition coefficient (Wildman–Crippen LogP) is -0.257. The van der Waals surface area contributed by atoms with E-state index in [0.717, 1.165) is 5.69 Å². The van der Waals surface area contributed by atoms with E-state index in [1.54, 1.807) is 12.3 Å². The van der Waals surface area contributed by atoms with Crippen LogP contribution in [0, 0.1) is 0 Å². The van der Waals surface area contributed by atoms with E-state index in [0.29, 0.717) is 19.8 Å². The maximum absolute atomic E-state index is 11.5. The van der Waals surface area contributed by atoms with Crippen molar-refractivity contribution in [2.45, 2.75) is 6.04 Å². The molecule has 0 spiro atoms. The van der Waals surface area contributed by atoms with Crippen molar-refractivity contribution in [3.63, 3.8) is 0 Å². The van der Waals surface area contributed by atoms with Crippen molar-refractivity contribution >= 4 is 10.0 Å². The number of aromatic nitrogens is 2. The van der Waals surface area contributed by atoms with Crippen LogP contribution >= 0.6 is 0 Å². The Morgan fingerprint density at radius 2 is 2.47 bits per heavy atom. The first-order valence-electron chi connectivity index (χ1n) is 4.63. The number of nitrogens with zero attached hydrogens (tertiary/aromatic N) is 2. The molecule has 1 N–H and O–H groups in total. The van der Waals surface area contributed by atoms with Crippen molar-refractivity contribution < 1.29 is 13.2 Å². The molecule has 0 aromatic carbocycles. The Bertz CT molecular complexity index is 414. The second-order valence-electron chi connectivity index (χ2n) is 3.48. The van der Waals surface area contributed by atoms with Gasteiger partial charge in [-0.3, -0.25) is 5.10 Å². The number of morpholine rings is 1. The highest BCUT2D eigenvalue weighted by atomic mass is 32.2. The Labute approximate surface area is 88.3 Å². The van der Waals surface area contributed by atoms with Crippen molar-refractivity contribution in [3.8, 4) is 0 Å². The summed E-state index contributed by atoms with van der Waals surface area (Å²) < 4.78 is 29.8. The summed E-state index contributed by atoms with van der Waals surface area (Å²) in [4.78, 5) is 0. The lowest BCUT2D eigenvalue weighted by Crippen LogP contribution is -2.42. The number of H-pyrrole nitrogens is 1. The molecule has 7 heteroatoms. The van der Waals surface area contributed by atoms with Gasteiger partial charge in [0.2, 0.25) is 10.0 Å². The van der Waals surface area contributed by atoms with Gasteiger partial charge in [0.25, 0.3) is 0 Å². The summed E-state index contributed by atoms with van der Waals surface area (Å²) >= 11 is 0. The first-order valence-corrected chi connectivity index (χ1v) is 6.47. The smallest absolute Gasteiger partial charge is 0.211 e. The van der Waals surface area contributed by atoms with Crippen LogP contribution in [0.3, 0.4) is 0 Å². The molecule has 84 valence electrons. The SMILES string of the molecule is CS(=O)(=O)N1CCOC[C@@H]1c1ccn[nH]1. The lowest BCUT2D eigenvalue weighted by Gasteiger charge is -2.32. The summed E-state index contributed by atoms with van der Waals surface area (Å²) in [5, 5.41) is 6.58. The lowest BCUT2D eigenvalue weighted by molar-refractivity contribution is 0.0309. The zero-order valence-corrected chi connectivity index (χ0v) is 9.20. The molecule has 1 atom stereocenters. The summed E-state index contributed by atoms with van der Waals surface area (Å²) in [6.45, 7) is 1.20. The van der Waals surface area contributed by atoms with Crippen LogP contribution in [0.4, 0.5) is 0 Å². The minimum absolute atomic E-state index is 0.281. The van der Waals surface area contributed by atoms with Crippen molar-refractivity contribution in [2.24, 2.45) is 0 Å². The highest BCUT2D eigenvalue weighted by Crippen LogP contribution is 2.24. The number of ether oxygens (including phenoxy) is 1. The zero-order chi connectivity index (χ0) is 10.9. The van der Waals surface area contributed by atoms with Crippen LogP contribution in [0.15, 0.2) is 12.3 Å². The molecular formula is C8H13N3O3S. The van der Waals surface area contributed by atoms with E-state index in [-0.39, 0.29) is 6.04 Å². The van der Waals surface area contributed by atoms with Gasteiger partial charge >= 0.3 is 0 Å². The summed E-state index contributed by atoms with van der Waals surface area (Å²) in [5.41, 5.74) is 0.764. The molecule has 2 rings (SSSR count). The number of sulfonamides is 1. The molecule has 2 heterocycles. The van der Waals surface area contributed by atoms with E-state index in [1.807, 2.05) is 0 Å². The number of rotatable bonds is 2. The second kappa shape index (κ2) is 3.92. The maximum atomic E-state index is 11.5. The normalized spacial score (nSPS) is 24.2. The highest BCUT2D eigenvalue weighted by molar-refractivity contribution is 7.88. The van der Waals surface area contributed by atoms with E-state index in [2.05, 4.69) is 10.2 Å². The first kappa shape index (κ1) is 10.6. The van der Waals surface area contributed by atoms with Crippen molar-refractivity contribution in [1.82, 2.24) is 14.5 Å². The molecule has 1 saturated heterocycles. The molecular weight excluding hydrogens is 218 g/mol. The summed E-state index contributed by atoms with van der Waals surface area (Å²) in [6.07, 6.45) is 2.81. The van der Waals surface area contributed by atoms with Crippen LogP contribution in [-0.4, -0.2) is 48.9 Å². The van der Waals surface area contributed by atoms with Crippen molar-refractivity contribution in [2.75, 3.05) is 26.0 Å². The summed E-state index contributed by atoms with van der Waals surface area (Å²) in [7, 11) is -3.20. The fraction of sp³-hybridized carbons (Fsp3) is 0.625. The van der Waals surface area contributed by atoms with Gasteiger partial charge in [-0.25, -0.2) is 8.42 Å². The Balaban J connectivity index is 2.28. The number of aromatic amines is 1. The van der Waals surface area contributed by atoms with Gasteiger partial charge < -0.3 is 4.74 Å². The topological polar surface area (TPSA) is 75.3 Å².